The van der Waals surface area contributed by atoms with E-state index in [2.05, 4.69) is 36.2 Å². The zero-order valence-corrected chi connectivity index (χ0v) is 20.9. The number of aromatic nitrogens is 3. The number of hydrogen-bond donors (Lipinski definition) is 2. The number of amides is 1. The number of rotatable bonds is 6. The molecule has 7 nitrogen and oxygen atoms in total. The first-order chi connectivity index (χ1) is 17.0. The van der Waals surface area contributed by atoms with E-state index < -0.39 is 18.0 Å². The fraction of sp³-hybridized carbons (Fsp3) is 0.0769. The highest BCUT2D eigenvalue weighted by atomic mass is 79.9. The summed E-state index contributed by atoms with van der Waals surface area (Å²) in [5, 5.41) is 5.02. The van der Waals surface area contributed by atoms with Gasteiger partial charge in [0, 0.05) is 21.0 Å². The van der Waals surface area contributed by atoms with E-state index in [0.29, 0.717) is 22.1 Å². The van der Waals surface area contributed by atoms with E-state index in [9.17, 15) is 9.59 Å². The van der Waals surface area contributed by atoms with Gasteiger partial charge in [0.1, 0.15) is 5.82 Å². The number of hydrogen-bond acceptors (Lipinski definition) is 6. The second-order valence-corrected chi connectivity index (χ2v) is 9.50. The van der Waals surface area contributed by atoms with Gasteiger partial charge in [0.15, 0.2) is 11.2 Å². The lowest BCUT2D eigenvalue weighted by atomic mass is 10.1. The third-order valence-electron chi connectivity index (χ3n) is 5.32. The predicted molar refractivity (Wildman–Crippen MR) is 140 cm³/mol. The lowest BCUT2D eigenvalue weighted by molar-refractivity contribution is -0.123. The third kappa shape index (κ3) is 5.01. The largest absolute Gasteiger partial charge is 0.449 e. The molecule has 3 aromatic carbocycles. The fourth-order valence-electron chi connectivity index (χ4n) is 3.52. The lowest BCUT2D eigenvalue weighted by Gasteiger charge is -2.13. The fourth-order valence-corrected chi connectivity index (χ4v) is 4.50. The minimum absolute atomic E-state index is 0.318. The number of esters is 1. The Bertz CT molecular complexity index is 1490. The SMILES string of the molecule is CC(OC(=O)c1ccccc1-c1nc2ccccc2[nH]1)C(=O)Nc1nc(-c2ccc(Br)cc2)cs1. The lowest BCUT2D eigenvalue weighted by Crippen LogP contribution is -2.30. The molecule has 2 aromatic heterocycles. The highest BCUT2D eigenvalue weighted by Gasteiger charge is 2.23. The first-order valence-corrected chi connectivity index (χ1v) is 12.4. The van der Waals surface area contributed by atoms with Gasteiger partial charge >= 0.3 is 5.97 Å². The summed E-state index contributed by atoms with van der Waals surface area (Å²) in [7, 11) is 0. The van der Waals surface area contributed by atoms with Crippen LogP contribution in [0, 0.1) is 0 Å². The maximum Gasteiger partial charge on any atom is 0.339 e. The number of H-pyrrole nitrogens is 1. The van der Waals surface area contributed by atoms with E-state index >= 15 is 0 Å². The van der Waals surface area contributed by atoms with Crippen LogP contribution in [0.15, 0.2) is 82.6 Å². The zero-order valence-electron chi connectivity index (χ0n) is 18.5. The van der Waals surface area contributed by atoms with E-state index in [-0.39, 0.29) is 0 Å². The summed E-state index contributed by atoms with van der Waals surface area (Å²) in [6.07, 6.45) is -1.02. The van der Waals surface area contributed by atoms with Crippen molar-refractivity contribution in [2.75, 3.05) is 5.32 Å². The van der Waals surface area contributed by atoms with Crippen LogP contribution in [-0.4, -0.2) is 32.9 Å². The van der Waals surface area contributed by atoms with Crippen molar-refractivity contribution in [2.24, 2.45) is 0 Å². The van der Waals surface area contributed by atoms with Gasteiger partial charge in [-0.2, -0.15) is 0 Å². The van der Waals surface area contributed by atoms with Crippen LogP contribution in [0.4, 0.5) is 5.13 Å². The van der Waals surface area contributed by atoms with Crippen LogP contribution in [0.2, 0.25) is 0 Å². The number of carbonyl (C=O) groups excluding carboxylic acids is 2. The van der Waals surface area contributed by atoms with Gasteiger partial charge < -0.3 is 9.72 Å². The molecule has 0 aliphatic heterocycles. The molecular weight excluding hydrogens is 528 g/mol. The molecule has 174 valence electrons. The number of fused-ring (bicyclic) bond motifs is 1. The molecule has 0 aliphatic carbocycles. The Kier molecular flexibility index (Phi) is 6.43. The summed E-state index contributed by atoms with van der Waals surface area (Å²) in [4.78, 5) is 37.9. The highest BCUT2D eigenvalue weighted by Crippen LogP contribution is 2.27. The molecule has 1 amide bonds. The molecule has 0 fully saturated rings. The van der Waals surface area contributed by atoms with Crippen molar-refractivity contribution in [3.63, 3.8) is 0 Å². The first kappa shape index (κ1) is 22.9. The number of halogens is 1. The van der Waals surface area contributed by atoms with Crippen LogP contribution in [-0.2, 0) is 9.53 Å². The van der Waals surface area contributed by atoms with Crippen molar-refractivity contribution in [1.82, 2.24) is 15.0 Å². The summed E-state index contributed by atoms with van der Waals surface area (Å²) in [5.74, 6) is -0.520. The summed E-state index contributed by atoms with van der Waals surface area (Å²) in [5.41, 5.74) is 4.26. The van der Waals surface area contributed by atoms with Crippen LogP contribution in [0.3, 0.4) is 0 Å². The Hall–Kier alpha value is -3.82. The Morgan fingerprint density at radius 1 is 1.00 bits per heavy atom. The molecule has 0 bridgehead atoms. The maximum absolute atomic E-state index is 13.0. The molecule has 0 aliphatic rings. The van der Waals surface area contributed by atoms with Crippen LogP contribution in [0.5, 0.6) is 0 Å². The number of aromatic amines is 1. The average Bonchev–Trinajstić information content (AvgIpc) is 3.51. The summed E-state index contributed by atoms with van der Waals surface area (Å²) >= 11 is 4.72. The maximum atomic E-state index is 13.0. The zero-order chi connectivity index (χ0) is 24.4. The van der Waals surface area contributed by atoms with E-state index in [0.717, 1.165) is 26.8 Å². The molecule has 0 spiro atoms. The Balaban J connectivity index is 1.28. The molecule has 2 heterocycles. The normalized spacial score (nSPS) is 11.8. The number of imidazole rings is 1. The van der Waals surface area contributed by atoms with Crippen molar-refractivity contribution >= 4 is 55.3 Å². The number of nitrogens with zero attached hydrogens (tertiary/aromatic N) is 2. The molecule has 5 aromatic rings. The topological polar surface area (TPSA) is 97.0 Å². The van der Waals surface area contributed by atoms with Crippen molar-refractivity contribution < 1.29 is 14.3 Å². The number of carbonyl (C=O) groups is 2. The van der Waals surface area contributed by atoms with Gasteiger partial charge in [0.25, 0.3) is 5.91 Å². The molecule has 0 saturated carbocycles. The van der Waals surface area contributed by atoms with Crippen molar-refractivity contribution in [2.45, 2.75) is 13.0 Å². The molecule has 1 atom stereocenters. The standard InChI is InChI=1S/C26H19BrN4O3S/c1-15(24(32)31-26-30-22(14-35-26)16-10-12-17(27)13-11-16)34-25(33)19-7-3-2-6-18(19)23-28-20-8-4-5-9-21(20)29-23/h2-15H,1H3,(H,28,29)(H,30,31,32). The quantitative estimate of drug-likeness (QED) is 0.243. The number of benzene rings is 3. The van der Waals surface area contributed by atoms with Gasteiger partial charge in [-0.25, -0.2) is 14.8 Å². The molecule has 0 saturated heterocycles. The second-order valence-electron chi connectivity index (χ2n) is 7.73. The van der Waals surface area contributed by atoms with Crippen LogP contribution < -0.4 is 5.32 Å². The molecular formula is C26H19BrN4O3S. The Labute approximate surface area is 213 Å². The highest BCUT2D eigenvalue weighted by molar-refractivity contribution is 9.10. The third-order valence-corrected chi connectivity index (χ3v) is 6.61. The van der Waals surface area contributed by atoms with Gasteiger partial charge in [-0.1, -0.05) is 58.4 Å². The van der Waals surface area contributed by atoms with Gasteiger partial charge in [-0.05, 0) is 37.3 Å². The number of para-hydroxylation sites is 2. The number of nitrogens with one attached hydrogen (secondary N) is 2. The number of thiazole rings is 1. The van der Waals surface area contributed by atoms with Gasteiger partial charge in [-0.3, -0.25) is 10.1 Å². The molecule has 35 heavy (non-hydrogen) atoms. The Morgan fingerprint density at radius 2 is 1.74 bits per heavy atom. The monoisotopic (exact) mass is 546 g/mol. The van der Waals surface area contributed by atoms with E-state index in [4.69, 9.17) is 4.74 Å². The predicted octanol–water partition coefficient (Wildman–Crippen LogP) is 6.30. The summed E-state index contributed by atoms with van der Waals surface area (Å²) < 4.78 is 6.46. The molecule has 9 heteroatoms. The van der Waals surface area contributed by atoms with Gasteiger partial charge in [-0.15, -0.1) is 11.3 Å². The molecule has 0 radical (unpaired) electrons. The number of anilines is 1. The minimum Gasteiger partial charge on any atom is -0.449 e. The minimum atomic E-state index is -1.02. The van der Waals surface area contributed by atoms with Crippen LogP contribution in [0.25, 0.3) is 33.7 Å². The molecule has 5 rings (SSSR count). The van der Waals surface area contributed by atoms with Crippen LogP contribution >= 0.6 is 27.3 Å². The summed E-state index contributed by atoms with van der Waals surface area (Å²) in [6.45, 7) is 1.53. The second kappa shape index (κ2) is 9.81. The average molecular weight is 547 g/mol. The van der Waals surface area contributed by atoms with Crippen molar-refractivity contribution in [1.29, 1.82) is 0 Å². The van der Waals surface area contributed by atoms with Gasteiger partial charge in [0.05, 0.1) is 22.3 Å². The van der Waals surface area contributed by atoms with E-state index in [1.165, 1.54) is 18.3 Å². The van der Waals surface area contributed by atoms with Crippen molar-refractivity contribution in [3.8, 4) is 22.6 Å². The molecule has 2 N–H and O–H groups in total. The summed E-state index contributed by atoms with van der Waals surface area (Å²) in [6, 6.07) is 22.4. The first-order valence-electron chi connectivity index (χ1n) is 10.8. The Morgan fingerprint density at radius 3 is 2.54 bits per heavy atom. The van der Waals surface area contributed by atoms with Crippen LogP contribution in [0.1, 0.15) is 17.3 Å². The number of ether oxygens (including phenoxy) is 1. The molecule has 1 unspecified atom stereocenters. The van der Waals surface area contributed by atoms with E-state index in [1.54, 1.807) is 18.2 Å². The van der Waals surface area contributed by atoms with Crippen molar-refractivity contribution in [3.05, 3.63) is 88.2 Å². The smallest absolute Gasteiger partial charge is 0.339 e. The van der Waals surface area contributed by atoms with Gasteiger partial charge in [0.2, 0.25) is 0 Å². The van der Waals surface area contributed by atoms with E-state index in [1.807, 2.05) is 60.0 Å².